The van der Waals surface area contributed by atoms with Crippen LogP contribution in [0.5, 0.6) is 5.75 Å². The Hall–Kier alpha value is -2.36. The van der Waals surface area contributed by atoms with Crippen LogP contribution >= 0.6 is 23.2 Å². The number of ether oxygens (including phenoxy) is 1. The molecule has 0 saturated heterocycles. The smallest absolute Gasteiger partial charge is 0.157 e. The van der Waals surface area contributed by atoms with Gasteiger partial charge in [0.2, 0.25) is 0 Å². The summed E-state index contributed by atoms with van der Waals surface area (Å²) in [6.07, 6.45) is 1.70. The zero-order chi connectivity index (χ0) is 19.4. The average molecular weight is 402 g/mol. The molecule has 0 aromatic heterocycles. The second-order valence-corrected chi connectivity index (χ2v) is 7.03. The van der Waals surface area contributed by atoms with Gasteiger partial charge in [-0.05, 0) is 60.9 Å². The van der Waals surface area contributed by atoms with E-state index in [1.165, 1.54) is 17.2 Å². The molecule has 0 aliphatic carbocycles. The van der Waals surface area contributed by atoms with Crippen molar-refractivity contribution < 1.29 is 9.13 Å². The van der Waals surface area contributed by atoms with Crippen molar-refractivity contribution in [2.24, 2.45) is 4.99 Å². The Morgan fingerprint density at radius 3 is 2.33 bits per heavy atom. The van der Waals surface area contributed by atoms with Gasteiger partial charge in [0.05, 0.1) is 15.7 Å². The van der Waals surface area contributed by atoms with Gasteiger partial charge in [-0.2, -0.15) is 0 Å². The molecule has 0 saturated carbocycles. The quantitative estimate of drug-likeness (QED) is 0.418. The first-order chi connectivity index (χ1) is 12.9. The molecule has 0 unspecified atom stereocenters. The topological polar surface area (TPSA) is 21.6 Å². The van der Waals surface area contributed by atoms with Gasteiger partial charge in [-0.1, -0.05) is 47.5 Å². The van der Waals surface area contributed by atoms with Crippen LogP contribution in [0.15, 0.2) is 59.6 Å². The Balaban J connectivity index is 1.77. The molecular formula is C22H18Cl2FNO. The van der Waals surface area contributed by atoms with Crippen molar-refractivity contribution in [1.29, 1.82) is 0 Å². The zero-order valence-electron chi connectivity index (χ0n) is 15.0. The van der Waals surface area contributed by atoms with Crippen molar-refractivity contribution in [3.63, 3.8) is 0 Å². The number of benzene rings is 3. The van der Waals surface area contributed by atoms with Crippen LogP contribution in [0.1, 0.15) is 22.3 Å². The highest BCUT2D eigenvalue weighted by molar-refractivity contribution is 6.37. The van der Waals surface area contributed by atoms with Crippen molar-refractivity contribution in [3.05, 3.63) is 92.7 Å². The van der Waals surface area contributed by atoms with E-state index in [4.69, 9.17) is 27.9 Å². The van der Waals surface area contributed by atoms with Crippen LogP contribution in [0.2, 0.25) is 10.0 Å². The molecule has 0 bridgehead atoms. The highest BCUT2D eigenvalue weighted by Gasteiger charge is 2.11. The maximum atomic E-state index is 13.7. The lowest BCUT2D eigenvalue weighted by Gasteiger charge is -2.11. The van der Waals surface area contributed by atoms with Gasteiger partial charge < -0.3 is 4.74 Å². The van der Waals surface area contributed by atoms with Gasteiger partial charge in [0.25, 0.3) is 0 Å². The molecule has 3 rings (SSSR count). The minimum Gasteiger partial charge on any atom is -0.486 e. The molecule has 2 nitrogen and oxygen atoms in total. The fraction of sp³-hybridized carbons (Fsp3) is 0.136. The van der Waals surface area contributed by atoms with E-state index < -0.39 is 0 Å². The normalized spacial score (nSPS) is 11.1. The van der Waals surface area contributed by atoms with Gasteiger partial charge in [0.1, 0.15) is 12.4 Å². The molecule has 0 N–H and O–H groups in total. The van der Waals surface area contributed by atoms with Crippen LogP contribution in [-0.4, -0.2) is 6.21 Å². The third-order valence-electron chi connectivity index (χ3n) is 4.20. The van der Waals surface area contributed by atoms with Crippen LogP contribution in [-0.2, 0) is 6.61 Å². The number of halogens is 3. The molecular weight excluding hydrogens is 384 g/mol. The number of nitrogens with zero attached hydrogens (tertiary/aromatic N) is 1. The van der Waals surface area contributed by atoms with E-state index in [1.807, 2.05) is 25.1 Å². The minimum atomic E-state index is -0.332. The summed E-state index contributed by atoms with van der Waals surface area (Å²) in [5, 5.41) is 0.695. The van der Waals surface area contributed by atoms with Crippen molar-refractivity contribution >= 4 is 35.1 Å². The maximum absolute atomic E-state index is 13.7. The Kier molecular flexibility index (Phi) is 6.15. The predicted molar refractivity (Wildman–Crippen MR) is 110 cm³/mol. The zero-order valence-corrected chi connectivity index (χ0v) is 16.5. The fourth-order valence-electron chi connectivity index (χ4n) is 2.51. The van der Waals surface area contributed by atoms with E-state index in [2.05, 4.69) is 11.9 Å². The molecule has 3 aromatic rings. The lowest BCUT2D eigenvalue weighted by atomic mass is 10.1. The Labute approximate surface area is 168 Å². The standard InChI is InChI=1S/C22H18Cl2FNO/c1-14-7-8-18(9-15(14)2)26-12-16-10-19(23)22(20(24)11-16)27-13-17-5-3-4-6-21(17)25/h3-12H,13H2,1-2H3. The van der Waals surface area contributed by atoms with Crippen LogP contribution in [0.3, 0.4) is 0 Å². The van der Waals surface area contributed by atoms with Gasteiger partial charge in [-0.25, -0.2) is 4.39 Å². The van der Waals surface area contributed by atoms with Crippen molar-refractivity contribution in [2.45, 2.75) is 20.5 Å². The van der Waals surface area contributed by atoms with E-state index in [-0.39, 0.29) is 12.4 Å². The van der Waals surface area contributed by atoms with Gasteiger partial charge in [0.15, 0.2) is 5.75 Å². The molecule has 0 aliphatic heterocycles. The first-order valence-corrected chi connectivity index (χ1v) is 9.16. The summed E-state index contributed by atoms with van der Waals surface area (Å²) in [4.78, 5) is 4.46. The molecule has 138 valence electrons. The SMILES string of the molecule is Cc1ccc(N=Cc2cc(Cl)c(OCc3ccccc3F)c(Cl)c2)cc1C. The van der Waals surface area contributed by atoms with Crippen molar-refractivity contribution in [1.82, 2.24) is 0 Å². The molecule has 5 heteroatoms. The summed E-state index contributed by atoms with van der Waals surface area (Å²) < 4.78 is 19.3. The Morgan fingerprint density at radius 1 is 0.963 bits per heavy atom. The third-order valence-corrected chi connectivity index (χ3v) is 4.77. The minimum absolute atomic E-state index is 0.0438. The fourth-order valence-corrected chi connectivity index (χ4v) is 3.13. The van der Waals surface area contributed by atoms with E-state index in [0.29, 0.717) is 21.4 Å². The van der Waals surface area contributed by atoms with E-state index in [9.17, 15) is 4.39 Å². The number of aryl methyl sites for hydroxylation is 2. The summed E-state index contributed by atoms with van der Waals surface area (Å²) >= 11 is 12.6. The molecule has 0 spiro atoms. The van der Waals surface area contributed by atoms with E-state index in [1.54, 1.807) is 36.5 Å². The molecule has 0 fully saturated rings. The first kappa shape index (κ1) is 19.4. The lowest BCUT2D eigenvalue weighted by molar-refractivity contribution is 0.300. The first-order valence-electron chi connectivity index (χ1n) is 8.40. The molecule has 0 radical (unpaired) electrons. The second kappa shape index (κ2) is 8.55. The number of hydrogen-bond donors (Lipinski definition) is 0. The number of aliphatic imine (C=N–C) groups is 1. The summed E-state index contributed by atoms with van der Waals surface area (Å²) in [6.45, 7) is 4.15. The van der Waals surface area contributed by atoms with Gasteiger partial charge in [-0.3, -0.25) is 4.99 Å². The third kappa shape index (κ3) is 4.88. The van der Waals surface area contributed by atoms with Crippen LogP contribution in [0.25, 0.3) is 0 Å². The summed E-state index contributed by atoms with van der Waals surface area (Å²) in [6, 6.07) is 15.8. The van der Waals surface area contributed by atoms with Gasteiger partial charge in [0, 0.05) is 11.8 Å². The number of rotatable bonds is 5. The lowest BCUT2D eigenvalue weighted by Crippen LogP contribution is -1.99. The number of hydrogen-bond acceptors (Lipinski definition) is 2. The van der Waals surface area contributed by atoms with Crippen LogP contribution in [0, 0.1) is 19.7 Å². The van der Waals surface area contributed by atoms with Crippen LogP contribution < -0.4 is 4.74 Å². The molecule has 27 heavy (non-hydrogen) atoms. The van der Waals surface area contributed by atoms with Crippen molar-refractivity contribution in [3.8, 4) is 5.75 Å². The summed E-state index contributed by atoms with van der Waals surface area (Å²) in [5.74, 6) is -0.00759. The molecule has 0 heterocycles. The monoisotopic (exact) mass is 401 g/mol. The Bertz CT molecular complexity index is 978. The van der Waals surface area contributed by atoms with E-state index >= 15 is 0 Å². The van der Waals surface area contributed by atoms with Crippen LogP contribution in [0.4, 0.5) is 10.1 Å². The highest BCUT2D eigenvalue weighted by atomic mass is 35.5. The molecule has 0 atom stereocenters. The Morgan fingerprint density at radius 2 is 1.67 bits per heavy atom. The average Bonchev–Trinajstić information content (AvgIpc) is 2.63. The van der Waals surface area contributed by atoms with Gasteiger partial charge >= 0.3 is 0 Å². The second-order valence-electron chi connectivity index (χ2n) is 6.22. The predicted octanol–water partition coefficient (Wildman–Crippen LogP) is 7.08. The maximum Gasteiger partial charge on any atom is 0.157 e. The highest BCUT2D eigenvalue weighted by Crippen LogP contribution is 2.34. The van der Waals surface area contributed by atoms with Gasteiger partial charge in [-0.15, -0.1) is 0 Å². The van der Waals surface area contributed by atoms with Crippen molar-refractivity contribution in [2.75, 3.05) is 0 Å². The summed E-state index contributed by atoms with van der Waals surface area (Å²) in [7, 11) is 0. The summed E-state index contributed by atoms with van der Waals surface area (Å²) in [5.41, 5.74) is 4.44. The van der Waals surface area contributed by atoms with E-state index in [0.717, 1.165) is 11.3 Å². The largest absolute Gasteiger partial charge is 0.486 e. The molecule has 0 aliphatic rings. The molecule has 0 amide bonds. The molecule has 3 aromatic carbocycles.